The van der Waals surface area contributed by atoms with E-state index in [1.54, 1.807) is 7.11 Å². The highest BCUT2D eigenvalue weighted by Crippen LogP contribution is 2.49. The third-order valence-corrected chi connectivity index (χ3v) is 14.1. The van der Waals surface area contributed by atoms with Crippen molar-refractivity contribution in [3.63, 3.8) is 0 Å². The van der Waals surface area contributed by atoms with Crippen LogP contribution < -0.4 is 15.6 Å². The third kappa shape index (κ3) is 7.83. The van der Waals surface area contributed by atoms with Crippen LogP contribution in [0, 0.1) is 17.3 Å². The van der Waals surface area contributed by atoms with Gasteiger partial charge in [-0.25, -0.2) is 10.4 Å². The van der Waals surface area contributed by atoms with Crippen molar-refractivity contribution in [2.75, 3.05) is 65.0 Å². The summed E-state index contributed by atoms with van der Waals surface area (Å²) in [5.74, 6) is -0.893. The van der Waals surface area contributed by atoms with Crippen molar-refractivity contribution in [3.8, 4) is 22.5 Å². The fraction of sp³-hybridized carbons (Fsp3) is 0.578. The SMILES string of the molecule is CCn1c(-c2cc(N3CCN(C)CC3)cnc2[C@H](C)OC)c2c3cc(ccc31)-c1csc(n1)C[C@H](NC(=O)[C@H]1[C@@H]3CCO[C@@H]31)C(=O)N1CCC[C@H](N1)C(=O)OCC(C)(C)C2. The minimum absolute atomic E-state index is 0.0719. The second-order valence-corrected chi connectivity index (χ2v) is 19.0. The normalized spacial score (nSPS) is 26.4. The van der Waals surface area contributed by atoms with Gasteiger partial charge in [-0.15, -0.1) is 11.3 Å². The van der Waals surface area contributed by atoms with Crippen LogP contribution in [0.3, 0.4) is 0 Å². The molecular weight excluding hydrogens is 781 g/mol. The first-order chi connectivity index (χ1) is 28.9. The predicted octanol–water partition coefficient (Wildman–Crippen LogP) is 4.99. The van der Waals surface area contributed by atoms with E-state index in [1.165, 1.54) is 16.3 Å². The monoisotopic (exact) mass is 838 g/mol. The van der Waals surface area contributed by atoms with Crippen molar-refractivity contribution in [2.24, 2.45) is 17.3 Å². The number of cyclic esters (lactones) is 1. The molecule has 320 valence electrons. The molecule has 6 atom stereocenters. The minimum Gasteiger partial charge on any atom is -0.464 e. The molecule has 0 spiro atoms. The Kier molecular flexibility index (Phi) is 11.2. The van der Waals surface area contributed by atoms with Crippen LogP contribution >= 0.6 is 11.3 Å². The van der Waals surface area contributed by atoms with Crippen molar-refractivity contribution < 1.29 is 28.6 Å². The zero-order chi connectivity index (χ0) is 41.9. The number of hydrazine groups is 1. The molecule has 0 radical (unpaired) electrons. The number of aryl methyl sites for hydroxylation is 1. The highest BCUT2D eigenvalue weighted by atomic mass is 32.1. The molecule has 2 amide bonds. The summed E-state index contributed by atoms with van der Waals surface area (Å²) >= 11 is 1.48. The smallest absolute Gasteiger partial charge is 0.324 e. The molecule has 3 aromatic heterocycles. The maximum absolute atomic E-state index is 14.3. The number of pyridine rings is 1. The van der Waals surface area contributed by atoms with Gasteiger partial charge in [-0.2, -0.15) is 0 Å². The number of thiazole rings is 1. The number of nitrogens with zero attached hydrogens (tertiary/aromatic N) is 6. The lowest BCUT2D eigenvalue weighted by atomic mass is 9.84. The maximum atomic E-state index is 14.3. The topological polar surface area (TPSA) is 143 Å². The Labute approximate surface area is 355 Å². The van der Waals surface area contributed by atoms with E-state index in [2.05, 4.69) is 77.2 Å². The molecule has 14 nitrogen and oxygen atoms in total. The van der Waals surface area contributed by atoms with Crippen LogP contribution in [0.4, 0.5) is 5.69 Å². The van der Waals surface area contributed by atoms with Gasteiger partial charge >= 0.3 is 5.97 Å². The van der Waals surface area contributed by atoms with Crippen molar-refractivity contribution >= 4 is 45.7 Å². The fourth-order valence-corrected chi connectivity index (χ4v) is 10.6. The molecule has 7 heterocycles. The van der Waals surface area contributed by atoms with E-state index in [0.29, 0.717) is 32.4 Å². The van der Waals surface area contributed by atoms with E-state index < -0.39 is 23.5 Å². The number of carbonyl (C=O) groups excluding carboxylic acids is 3. The minimum atomic E-state index is -0.868. The van der Waals surface area contributed by atoms with Gasteiger partial charge in [-0.05, 0) is 70.3 Å². The number of hydrogen-bond acceptors (Lipinski definition) is 12. The number of piperazine rings is 1. The Bertz CT molecular complexity index is 2270. The summed E-state index contributed by atoms with van der Waals surface area (Å²) in [5.41, 5.74) is 10.8. The summed E-state index contributed by atoms with van der Waals surface area (Å²) in [4.78, 5) is 56.7. The molecule has 2 N–H and O–H groups in total. The first-order valence-electron chi connectivity index (χ1n) is 21.7. The lowest BCUT2D eigenvalue weighted by Crippen LogP contribution is -2.60. The van der Waals surface area contributed by atoms with Crippen molar-refractivity contribution in [2.45, 2.75) is 90.6 Å². The number of fused-ring (bicyclic) bond motifs is 7. The molecule has 4 aromatic rings. The van der Waals surface area contributed by atoms with Gasteiger partial charge < -0.3 is 33.9 Å². The number of esters is 1. The third-order valence-electron chi connectivity index (χ3n) is 13.2. The zero-order valence-corrected chi connectivity index (χ0v) is 36.5. The van der Waals surface area contributed by atoms with E-state index in [1.807, 2.05) is 18.5 Å². The van der Waals surface area contributed by atoms with Gasteiger partial charge in [0.2, 0.25) is 5.91 Å². The molecular formula is C45H58N8O6S. The maximum Gasteiger partial charge on any atom is 0.324 e. The Morgan fingerprint density at radius 1 is 1.13 bits per heavy atom. The number of amides is 2. The second-order valence-electron chi connectivity index (χ2n) is 18.1. The molecule has 5 aliphatic rings. The summed E-state index contributed by atoms with van der Waals surface area (Å²) in [7, 11) is 3.89. The molecule has 9 rings (SSSR count). The molecule has 4 aliphatic heterocycles. The Balaban J connectivity index is 1.15. The highest BCUT2D eigenvalue weighted by molar-refractivity contribution is 7.10. The average molecular weight is 839 g/mol. The quantitative estimate of drug-likeness (QED) is 0.243. The summed E-state index contributed by atoms with van der Waals surface area (Å²) < 4.78 is 20.3. The van der Waals surface area contributed by atoms with Crippen LogP contribution in [0.1, 0.15) is 69.3 Å². The van der Waals surface area contributed by atoms with E-state index in [4.69, 9.17) is 24.2 Å². The zero-order valence-electron chi connectivity index (χ0n) is 35.7. The predicted molar refractivity (Wildman–Crippen MR) is 230 cm³/mol. The molecule has 15 heteroatoms. The van der Waals surface area contributed by atoms with Crippen molar-refractivity contribution in [3.05, 3.63) is 52.1 Å². The second kappa shape index (κ2) is 16.5. The molecule has 4 fully saturated rings. The van der Waals surface area contributed by atoms with Gasteiger partial charge in [0.15, 0.2) is 0 Å². The van der Waals surface area contributed by atoms with Crippen LogP contribution in [0.25, 0.3) is 33.4 Å². The van der Waals surface area contributed by atoms with Gasteiger partial charge in [-0.3, -0.25) is 24.4 Å². The Morgan fingerprint density at radius 3 is 2.70 bits per heavy atom. The number of likely N-dealkylation sites (N-methyl/N-ethyl adjacent to an activating group) is 1. The molecule has 6 bridgehead atoms. The summed E-state index contributed by atoms with van der Waals surface area (Å²) in [5, 5.41) is 8.45. The molecule has 1 aliphatic carbocycles. The Morgan fingerprint density at radius 2 is 1.95 bits per heavy atom. The van der Waals surface area contributed by atoms with E-state index in [0.717, 1.165) is 94.5 Å². The molecule has 1 aromatic carbocycles. The summed E-state index contributed by atoms with van der Waals surface area (Å²) in [6.07, 6.45) is 4.51. The number of carbonyl (C=O) groups is 3. The number of aromatic nitrogens is 3. The fourth-order valence-electron chi connectivity index (χ4n) is 9.70. The molecule has 1 saturated carbocycles. The summed E-state index contributed by atoms with van der Waals surface area (Å²) in [6.45, 7) is 14.3. The number of methoxy groups -OCH3 is 1. The van der Waals surface area contributed by atoms with Crippen LogP contribution in [0.15, 0.2) is 35.8 Å². The number of anilines is 1. The number of ether oxygens (including phenoxy) is 3. The van der Waals surface area contributed by atoms with E-state index in [9.17, 15) is 14.4 Å². The van der Waals surface area contributed by atoms with E-state index in [-0.39, 0.29) is 48.9 Å². The van der Waals surface area contributed by atoms with Crippen LogP contribution in [-0.4, -0.2) is 121 Å². The van der Waals surface area contributed by atoms with Crippen molar-refractivity contribution in [1.82, 2.24) is 35.2 Å². The number of nitrogens with one attached hydrogen (secondary N) is 2. The van der Waals surface area contributed by atoms with Gasteiger partial charge in [0, 0.05) is 98.1 Å². The first kappa shape index (κ1) is 41.0. The number of rotatable bonds is 7. The van der Waals surface area contributed by atoms with E-state index >= 15 is 0 Å². The standard InChI is InChI=1S/C45H58N8O6S/c1-7-52-36-11-10-27-19-30(36)32(40(52)31-20-28(23-46-39(31)26(2)57-6)51-16-14-50(5)15-17-51)22-45(3,4)25-59-44(56)33-9-8-13-53(49-33)43(55)34(21-37-47-35(27)24-60-37)48-42(54)38-29-12-18-58-41(29)38/h10-11,19-20,23-24,26,29,33-34,38,41,49H,7-9,12-18,21-22,25H2,1-6H3,(H,48,54)/t26-,29-,33-,34-,38-,41-/m0/s1. The van der Waals surface area contributed by atoms with Crippen LogP contribution in [0.2, 0.25) is 0 Å². The average Bonchev–Trinajstić information content (AvgIpc) is 3.58. The van der Waals surface area contributed by atoms with Gasteiger partial charge in [-0.1, -0.05) is 19.9 Å². The van der Waals surface area contributed by atoms with Crippen LogP contribution in [0.5, 0.6) is 0 Å². The highest BCUT2D eigenvalue weighted by Gasteiger charge is 2.59. The number of benzene rings is 1. The largest absolute Gasteiger partial charge is 0.464 e. The van der Waals surface area contributed by atoms with Gasteiger partial charge in [0.05, 0.1) is 58.7 Å². The molecule has 3 saturated heterocycles. The molecule has 60 heavy (non-hydrogen) atoms. The lowest BCUT2D eigenvalue weighted by Gasteiger charge is -2.35. The first-order valence-corrected chi connectivity index (χ1v) is 22.5. The number of hydrogen-bond donors (Lipinski definition) is 2. The van der Waals surface area contributed by atoms with Crippen molar-refractivity contribution in [1.29, 1.82) is 0 Å². The van der Waals surface area contributed by atoms with Crippen LogP contribution in [-0.2, 0) is 48.0 Å². The summed E-state index contributed by atoms with van der Waals surface area (Å²) in [6, 6.07) is 7.27. The molecule has 0 unspecified atom stereocenters. The van der Waals surface area contributed by atoms with Gasteiger partial charge in [0.1, 0.15) is 12.1 Å². The lowest BCUT2D eigenvalue weighted by molar-refractivity contribution is -0.155. The Hall–Kier alpha value is -4.41. The van der Waals surface area contributed by atoms with Gasteiger partial charge in [0.25, 0.3) is 5.91 Å².